The summed E-state index contributed by atoms with van der Waals surface area (Å²) in [5, 5.41) is 6.40. The van der Waals surface area contributed by atoms with Crippen LogP contribution in [0.3, 0.4) is 0 Å². The van der Waals surface area contributed by atoms with Crippen molar-refractivity contribution in [3.8, 4) is 0 Å². The fourth-order valence-electron chi connectivity index (χ4n) is 1.68. The van der Waals surface area contributed by atoms with Crippen molar-refractivity contribution in [3.63, 3.8) is 0 Å². The van der Waals surface area contributed by atoms with Gasteiger partial charge in [-0.3, -0.25) is 9.78 Å². The second kappa shape index (κ2) is 6.20. The largest absolute Gasteiger partial charge is 0.383 e. The van der Waals surface area contributed by atoms with Crippen molar-refractivity contribution < 1.29 is 4.79 Å². The summed E-state index contributed by atoms with van der Waals surface area (Å²) in [5.41, 5.74) is 1.83. The number of nitrogens with zero attached hydrogens (tertiary/aromatic N) is 1. The lowest BCUT2D eigenvalue weighted by molar-refractivity contribution is 0.102. The number of nitrogens with one attached hydrogen (secondary N) is 2. The van der Waals surface area contributed by atoms with Crippen LogP contribution in [0.25, 0.3) is 0 Å². The van der Waals surface area contributed by atoms with E-state index in [1.807, 2.05) is 19.1 Å². The Morgan fingerprint density at radius 3 is 2.79 bits per heavy atom. The average Bonchev–Trinajstić information content (AvgIpc) is 2.42. The molecule has 0 spiro atoms. The summed E-state index contributed by atoms with van der Waals surface area (Å²) in [6, 6.07) is 8.79. The number of benzene rings is 1. The van der Waals surface area contributed by atoms with Crippen molar-refractivity contribution in [1.82, 2.24) is 4.98 Å². The summed E-state index contributed by atoms with van der Waals surface area (Å²) < 4.78 is 0. The average molecular weight is 276 g/mol. The normalized spacial score (nSPS) is 10.0. The number of aromatic nitrogens is 1. The van der Waals surface area contributed by atoms with Gasteiger partial charge in [-0.05, 0) is 25.1 Å². The van der Waals surface area contributed by atoms with Crippen LogP contribution in [0.5, 0.6) is 0 Å². The fourth-order valence-corrected chi connectivity index (χ4v) is 1.86. The maximum atomic E-state index is 12.2. The first-order valence-corrected chi connectivity index (χ1v) is 6.34. The molecular weight excluding hydrogens is 262 g/mol. The van der Waals surface area contributed by atoms with E-state index in [0.29, 0.717) is 22.0 Å². The van der Waals surface area contributed by atoms with Crippen LogP contribution in [0, 0.1) is 0 Å². The van der Waals surface area contributed by atoms with Gasteiger partial charge in [0.05, 0.1) is 28.2 Å². The SMILES string of the molecule is CCNc1cnccc1C(=O)Nc1ccccc1Cl. The Bertz CT molecular complexity index is 586. The van der Waals surface area contributed by atoms with Gasteiger partial charge in [-0.2, -0.15) is 0 Å². The molecule has 19 heavy (non-hydrogen) atoms. The third kappa shape index (κ3) is 3.23. The molecule has 4 nitrogen and oxygen atoms in total. The van der Waals surface area contributed by atoms with Crippen molar-refractivity contribution >= 4 is 28.9 Å². The zero-order valence-electron chi connectivity index (χ0n) is 10.5. The lowest BCUT2D eigenvalue weighted by atomic mass is 10.2. The fraction of sp³-hybridized carbons (Fsp3) is 0.143. The molecule has 0 saturated heterocycles. The van der Waals surface area contributed by atoms with Crippen molar-refractivity contribution in [1.29, 1.82) is 0 Å². The number of amides is 1. The first-order valence-electron chi connectivity index (χ1n) is 5.96. The molecule has 0 aliphatic heterocycles. The van der Waals surface area contributed by atoms with Crippen LogP contribution in [0.4, 0.5) is 11.4 Å². The van der Waals surface area contributed by atoms with Gasteiger partial charge in [-0.1, -0.05) is 23.7 Å². The zero-order valence-corrected chi connectivity index (χ0v) is 11.2. The summed E-state index contributed by atoms with van der Waals surface area (Å²) in [6.07, 6.45) is 3.22. The van der Waals surface area contributed by atoms with Crippen molar-refractivity contribution in [2.24, 2.45) is 0 Å². The van der Waals surface area contributed by atoms with E-state index in [-0.39, 0.29) is 5.91 Å². The van der Waals surface area contributed by atoms with E-state index in [2.05, 4.69) is 15.6 Å². The predicted molar refractivity (Wildman–Crippen MR) is 77.8 cm³/mol. The molecule has 0 radical (unpaired) electrons. The number of hydrogen-bond acceptors (Lipinski definition) is 3. The number of carbonyl (C=O) groups is 1. The topological polar surface area (TPSA) is 54.0 Å². The van der Waals surface area contributed by atoms with Crippen molar-refractivity contribution in [3.05, 3.63) is 53.3 Å². The number of pyridine rings is 1. The Morgan fingerprint density at radius 1 is 1.26 bits per heavy atom. The highest BCUT2D eigenvalue weighted by atomic mass is 35.5. The van der Waals surface area contributed by atoms with Crippen LogP contribution in [0.15, 0.2) is 42.7 Å². The van der Waals surface area contributed by atoms with Crippen LogP contribution >= 0.6 is 11.6 Å². The molecule has 2 aromatic rings. The molecule has 2 rings (SSSR count). The third-order valence-electron chi connectivity index (χ3n) is 2.55. The van der Waals surface area contributed by atoms with Gasteiger partial charge in [-0.25, -0.2) is 0 Å². The molecule has 98 valence electrons. The minimum Gasteiger partial charge on any atom is -0.383 e. The van der Waals surface area contributed by atoms with Gasteiger partial charge in [0, 0.05) is 12.7 Å². The van der Waals surface area contributed by atoms with Gasteiger partial charge in [0.2, 0.25) is 0 Å². The van der Waals surface area contributed by atoms with Crippen molar-refractivity contribution in [2.45, 2.75) is 6.92 Å². The maximum Gasteiger partial charge on any atom is 0.257 e. The summed E-state index contributed by atoms with van der Waals surface area (Å²) in [5.74, 6) is -0.216. The smallest absolute Gasteiger partial charge is 0.257 e. The molecule has 1 aromatic heterocycles. The Kier molecular flexibility index (Phi) is 4.36. The first-order chi connectivity index (χ1) is 9.22. The molecule has 5 heteroatoms. The Hall–Kier alpha value is -2.07. The van der Waals surface area contributed by atoms with E-state index < -0.39 is 0 Å². The van der Waals surface area contributed by atoms with Gasteiger partial charge in [0.1, 0.15) is 0 Å². The van der Waals surface area contributed by atoms with Crippen LogP contribution in [-0.4, -0.2) is 17.4 Å². The molecule has 2 N–H and O–H groups in total. The van der Waals surface area contributed by atoms with E-state index >= 15 is 0 Å². The van der Waals surface area contributed by atoms with Crippen LogP contribution in [0.2, 0.25) is 5.02 Å². The maximum absolute atomic E-state index is 12.2. The van der Waals surface area contributed by atoms with E-state index in [1.54, 1.807) is 30.6 Å². The first kappa shape index (κ1) is 13.4. The molecule has 0 atom stereocenters. The molecule has 0 fully saturated rings. The highest BCUT2D eigenvalue weighted by Crippen LogP contribution is 2.22. The van der Waals surface area contributed by atoms with E-state index in [4.69, 9.17) is 11.6 Å². The Labute approximate surface area is 116 Å². The van der Waals surface area contributed by atoms with Gasteiger partial charge in [-0.15, -0.1) is 0 Å². The summed E-state index contributed by atoms with van der Waals surface area (Å²) >= 11 is 6.01. The van der Waals surface area contributed by atoms with Crippen LogP contribution < -0.4 is 10.6 Å². The van der Waals surface area contributed by atoms with Crippen LogP contribution in [-0.2, 0) is 0 Å². The lowest BCUT2D eigenvalue weighted by Gasteiger charge is -2.11. The summed E-state index contributed by atoms with van der Waals surface area (Å²) in [4.78, 5) is 16.2. The molecule has 1 amide bonds. The monoisotopic (exact) mass is 275 g/mol. The van der Waals surface area contributed by atoms with Gasteiger partial charge in [0.25, 0.3) is 5.91 Å². The lowest BCUT2D eigenvalue weighted by Crippen LogP contribution is -2.15. The zero-order chi connectivity index (χ0) is 13.7. The van der Waals surface area contributed by atoms with Gasteiger partial charge >= 0.3 is 0 Å². The minimum atomic E-state index is -0.216. The molecule has 0 saturated carbocycles. The van der Waals surface area contributed by atoms with E-state index in [9.17, 15) is 4.79 Å². The molecular formula is C14H14ClN3O. The molecule has 0 unspecified atom stereocenters. The second-order valence-electron chi connectivity index (χ2n) is 3.89. The number of para-hydroxylation sites is 1. The summed E-state index contributed by atoms with van der Waals surface area (Å²) in [6.45, 7) is 2.68. The Morgan fingerprint density at radius 2 is 2.05 bits per heavy atom. The van der Waals surface area contributed by atoms with Gasteiger partial charge < -0.3 is 10.6 Å². The number of rotatable bonds is 4. The number of anilines is 2. The molecule has 1 heterocycles. The predicted octanol–water partition coefficient (Wildman–Crippen LogP) is 3.42. The third-order valence-corrected chi connectivity index (χ3v) is 2.88. The summed E-state index contributed by atoms with van der Waals surface area (Å²) in [7, 11) is 0. The quantitative estimate of drug-likeness (QED) is 0.899. The number of carbonyl (C=O) groups excluding carboxylic acids is 1. The number of halogens is 1. The van der Waals surface area contributed by atoms with E-state index in [0.717, 1.165) is 6.54 Å². The van der Waals surface area contributed by atoms with E-state index in [1.165, 1.54) is 0 Å². The van der Waals surface area contributed by atoms with Crippen LogP contribution in [0.1, 0.15) is 17.3 Å². The molecule has 0 aliphatic rings. The number of hydrogen-bond donors (Lipinski definition) is 2. The highest BCUT2D eigenvalue weighted by Gasteiger charge is 2.12. The molecule has 0 bridgehead atoms. The molecule has 1 aromatic carbocycles. The standard InChI is InChI=1S/C14H14ClN3O/c1-2-17-13-9-16-8-7-10(13)14(19)18-12-6-4-3-5-11(12)15/h3-9,17H,2H2,1H3,(H,18,19). The van der Waals surface area contributed by atoms with Crippen molar-refractivity contribution in [2.75, 3.05) is 17.2 Å². The Balaban J connectivity index is 2.23. The molecule has 0 aliphatic carbocycles. The van der Waals surface area contributed by atoms with Gasteiger partial charge in [0.15, 0.2) is 0 Å². The highest BCUT2D eigenvalue weighted by molar-refractivity contribution is 6.34. The minimum absolute atomic E-state index is 0.216. The second-order valence-corrected chi connectivity index (χ2v) is 4.29.